The Morgan fingerprint density at radius 3 is 2.95 bits per heavy atom. The van der Waals surface area contributed by atoms with Gasteiger partial charge in [-0.3, -0.25) is 5.43 Å². The number of fused-ring (bicyclic) bond motifs is 1. The first-order chi connectivity index (χ1) is 9.81. The van der Waals surface area contributed by atoms with Crippen molar-refractivity contribution in [1.29, 1.82) is 0 Å². The van der Waals surface area contributed by atoms with Gasteiger partial charge in [-0.1, -0.05) is 0 Å². The van der Waals surface area contributed by atoms with Crippen LogP contribution in [0.1, 0.15) is 12.8 Å². The van der Waals surface area contributed by atoms with Gasteiger partial charge in [0.05, 0.1) is 6.20 Å². The first-order valence-electron chi connectivity index (χ1n) is 6.46. The topological polar surface area (TPSA) is 72.3 Å². The predicted molar refractivity (Wildman–Crippen MR) is 80.7 cm³/mol. The Morgan fingerprint density at radius 1 is 1.30 bits per heavy atom. The zero-order valence-corrected chi connectivity index (χ0v) is 12.4. The van der Waals surface area contributed by atoms with Gasteiger partial charge in [0.1, 0.15) is 5.52 Å². The molecule has 1 aliphatic rings. The fourth-order valence-electron chi connectivity index (χ4n) is 2.01. The molecule has 0 radical (unpaired) electrons. The molecule has 0 spiro atoms. The minimum absolute atomic E-state index is 0.473. The summed E-state index contributed by atoms with van der Waals surface area (Å²) >= 11 is 3.37. The van der Waals surface area contributed by atoms with E-state index < -0.39 is 0 Å². The molecule has 0 aromatic carbocycles. The maximum atomic E-state index is 5.31. The largest absolute Gasteiger partial charge is 0.381 e. The lowest BCUT2D eigenvalue weighted by atomic mass is 10.0. The second kappa shape index (κ2) is 6.23. The van der Waals surface area contributed by atoms with E-state index in [4.69, 9.17) is 4.74 Å². The summed E-state index contributed by atoms with van der Waals surface area (Å²) < 4.78 is 6.18. The van der Waals surface area contributed by atoms with Crippen LogP contribution in [0, 0.1) is 5.92 Å². The van der Waals surface area contributed by atoms with Crippen LogP contribution in [0.5, 0.6) is 0 Å². The fourth-order valence-corrected chi connectivity index (χ4v) is 2.33. The van der Waals surface area contributed by atoms with E-state index in [2.05, 4.69) is 41.4 Å². The van der Waals surface area contributed by atoms with Crippen molar-refractivity contribution in [3.63, 3.8) is 0 Å². The van der Waals surface area contributed by atoms with Crippen LogP contribution >= 0.6 is 15.9 Å². The molecule has 0 saturated carbocycles. The number of anilines is 1. The summed E-state index contributed by atoms with van der Waals surface area (Å²) in [4.78, 5) is 12.8. The second-order valence-electron chi connectivity index (χ2n) is 4.59. The number of hydrogen-bond donors (Lipinski definition) is 1. The minimum Gasteiger partial charge on any atom is -0.381 e. The fraction of sp³-hybridized carbons (Fsp3) is 0.385. The van der Waals surface area contributed by atoms with Crippen molar-refractivity contribution < 1.29 is 4.74 Å². The molecule has 0 bridgehead atoms. The van der Waals surface area contributed by atoms with Crippen molar-refractivity contribution in [3.8, 4) is 0 Å². The summed E-state index contributed by atoms with van der Waals surface area (Å²) in [5.74, 6) is 1.08. The standard InChI is InChI=1S/C13H14BrN5O/c14-10-5-11-13(15-7-10)16-8-12(18-11)19-17-6-9-1-3-20-4-2-9/h5-9H,1-4H2,(H,18,19)/b17-6+. The Morgan fingerprint density at radius 2 is 2.10 bits per heavy atom. The number of halogens is 1. The molecule has 1 fully saturated rings. The van der Waals surface area contributed by atoms with Crippen molar-refractivity contribution in [2.24, 2.45) is 11.0 Å². The Balaban J connectivity index is 1.69. The molecule has 0 amide bonds. The van der Waals surface area contributed by atoms with Gasteiger partial charge in [0, 0.05) is 36.0 Å². The van der Waals surface area contributed by atoms with E-state index in [0.29, 0.717) is 17.4 Å². The molecule has 0 atom stereocenters. The molecular formula is C13H14BrN5O. The zero-order chi connectivity index (χ0) is 13.8. The zero-order valence-electron chi connectivity index (χ0n) is 10.8. The van der Waals surface area contributed by atoms with Gasteiger partial charge >= 0.3 is 0 Å². The molecule has 0 unspecified atom stereocenters. The van der Waals surface area contributed by atoms with Crippen molar-refractivity contribution in [1.82, 2.24) is 15.0 Å². The Labute approximate surface area is 124 Å². The molecule has 2 aromatic rings. The van der Waals surface area contributed by atoms with Gasteiger partial charge in [0.25, 0.3) is 0 Å². The molecule has 1 N–H and O–H groups in total. The summed E-state index contributed by atoms with van der Waals surface area (Å²) in [7, 11) is 0. The molecule has 3 rings (SSSR count). The van der Waals surface area contributed by atoms with E-state index in [9.17, 15) is 0 Å². The molecule has 2 aromatic heterocycles. The highest BCUT2D eigenvalue weighted by Gasteiger charge is 2.10. The van der Waals surface area contributed by atoms with Crippen LogP contribution in [0.2, 0.25) is 0 Å². The second-order valence-corrected chi connectivity index (χ2v) is 5.51. The van der Waals surface area contributed by atoms with E-state index in [1.165, 1.54) is 0 Å². The number of hydrogen-bond acceptors (Lipinski definition) is 6. The summed E-state index contributed by atoms with van der Waals surface area (Å²) in [5, 5.41) is 4.23. The molecule has 0 aliphatic carbocycles. The molecule has 104 valence electrons. The van der Waals surface area contributed by atoms with Gasteiger partial charge in [-0.05, 0) is 34.8 Å². The Bertz CT molecular complexity index is 627. The highest BCUT2D eigenvalue weighted by molar-refractivity contribution is 9.10. The normalized spacial score (nSPS) is 16.9. The third kappa shape index (κ3) is 3.29. The summed E-state index contributed by atoms with van der Waals surface area (Å²) in [6, 6.07) is 1.88. The Hall–Kier alpha value is -1.60. The first kappa shape index (κ1) is 13.4. The van der Waals surface area contributed by atoms with E-state index >= 15 is 0 Å². The van der Waals surface area contributed by atoms with Crippen LogP contribution in [-0.4, -0.2) is 34.4 Å². The van der Waals surface area contributed by atoms with Crippen LogP contribution in [0.4, 0.5) is 5.82 Å². The summed E-state index contributed by atoms with van der Waals surface area (Å²) in [6.07, 6.45) is 7.29. The lowest BCUT2D eigenvalue weighted by Crippen LogP contribution is -2.17. The quantitative estimate of drug-likeness (QED) is 0.689. The highest BCUT2D eigenvalue weighted by atomic mass is 79.9. The predicted octanol–water partition coefficient (Wildman–Crippen LogP) is 2.61. The maximum Gasteiger partial charge on any atom is 0.178 e. The number of hydrazone groups is 1. The van der Waals surface area contributed by atoms with Gasteiger partial charge in [-0.25, -0.2) is 15.0 Å². The molecule has 1 saturated heterocycles. The van der Waals surface area contributed by atoms with Gasteiger partial charge in [-0.2, -0.15) is 5.10 Å². The van der Waals surface area contributed by atoms with E-state index in [1.54, 1.807) is 12.4 Å². The van der Waals surface area contributed by atoms with Crippen LogP contribution in [0.25, 0.3) is 11.2 Å². The van der Waals surface area contributed by atoms with E-state index in [0.717, 1.165) is 36.0 Å². The van der Waals surface area contributed by atoms with Gasteiger partial charge in [-0.15, -0.1) is 0 Å². The number of ether oxygens (including phenoxy) is 1. The summed E-state index contributed by atoms with van der Waals surface area (Å²) in [5.41, 5.74) is 4.26. The molecule has 7 heteroatoms. The Kier molecular flexibility index (Phi) is 4.17. The van der Waals surface area contributed by atoms with Gasteiger partial charge < -0.3 is 4.74 Å². The van der Waals surface area contributed by atoms with Crippen LogP contribution < -0.4 is 5.43 Å². The number of pyridine rings is 1. The van der Waals surface area contributed by atoms with Crippen LogP contribution in [-0.2, 0) is 4.74 Å². The lowest BCUT2D eigenvalue weighted by Gasteiger charge is -2.17. The maximum absolute atomic E-state index is 5.31. The molecule has 20 heavy (non-hydrogen) atoms. The monoisotopic (exact) mass is 335 g/mol. The number of rotatable bonds is 3. The molecule has 6 nitrogen and oxygen atoms in total. The third-order valence-electron chi connectivity index (χ3n) is 3.09. The van der Waals surface area contributed by atoms with E-state index in [1.807, 2.05) is 12.3 Å². The SMILES string of the molecule is Brc1cnc2ncc(N/N=C/C3CCOCC3)nc2c1. The van der Waals surface area contributed by atoms with Crippen molar-refractivity contribution in [3.05, 3.63) is 22.9 Å². The highest BCUT2D eigenvalue weighted by Crippen LogP contribution is 2.16. The number of nitrogens with one attached hydrogen (secondary N) is 1. The molecule has 1 aliphatic heterocycles. The average Bonchev–Trinajstić information content (AvgIpc) is 2.48. The lowest BCUT2D eigenvalue weighted by molar-refractivity contribution is 0.0838. The van der Waals surface area contributed by atoms with Crippen molar-refractivity contribution >= 4 is 39.1 Å². The van der Waals surface area contributed by atoms with Crippen LogP contribution in [0.3, 0.4) is 0 Å². The van der Waals surface area contributed by atoms with Crippen molar-refractivity contribution in [2.45, 2.75) is 12.8 Å². The smallest absolute Gasteiger partial charge is 0.178 e. The molecule has 3 heterocycles. The third-order valence-corrected chi connectivity index (χ3v) is 3.53. The molecular weight excluding hydrogens is 322 g/mol. The average molecular weight is 336 g/mol. The first-order valence-corrected chi connectivity index (χ1v) is 7.26. The van der Waals surface area contributed by atoms with E-state index in [-0.39, 0.29) is 0 Å². The van der Waals surface area contributed by atoms with Crippen molar-refractivity contribution in [2.75, 3.05) is 18.6 Å². The summed E-state index contributed by atoms with van der Waals surface area (Å²) in [6.45, 7) is 1.62. The minimum atomic E-state index is 0.473. The van der Waals surface area contributed by atoms with Gasteiger partial charge in [0.2, 0.25) is 0 Å². The number of nitrogens with zero attached hydrogens (tertiary/aromatic N) is 4. The number of aromatic nitrogens is 3. The van der Waals surface area contributed by atoms with Gasteiger partial charge in [0.15, 0.2) is 11.5 Å². The van der Waals surface area contributed by atoms with Crippen LogP contribution in [0.15, 0.2) is 28.0 Å².